The van der Waals surface area contributed by atoms with E-state index in [4.69, 9.17) is 4.74 Å². The summed E-state index contributed by atoms with van der Waals surface area (Å²) in [6.45, 7) is 9.69. The fourth-order valence-corrected chi connectivity index (χ4v) is 1.78. The van der Waals surface area contributed by atoms with Crippen LogP contribution in [0.1, 0.15) is 33.1 Å². The number of ether oxygens (including phenoxy) is 1. The Hall–Kier alpha value is -0.830. The van der Waals surface area contributed by atoms with Crippen LogP contribution in [0, 0.1) is 5.41 Å². The molecule has 1 aliphatic rings. The molecule has 0 aromatic heterocycles. The first-order valence-electron chi connectivity index (χ1n) is 5.63. The Morgan fingerprint density at radius 1 is 1.53 bits per heavy atom. The van der Waals surface area contributed by atoms with Gasteiger partial charge in [-0.1, -0.05) is 19.9 Å². The van der Waals surface area contributed by atoms with Gasteiger partial charge >= 0.3 is 5.97 Å². The summed E-state index contributed by atoms with van der Waals surface area (Å²) in [5.41, 5.74) is 0.953. The van der Waals surface area contributed by atoms with E-state index >= 15 is 0 Å². The number of nitrogens with one attached hydrogen (secondary N) is 1. The van der Waals surface area contributed by atoms with Crippen LogP contribution < -0.4 is 5.32 Å². The molecule has 1 rings (SSSR count). The maximum atomic E-state index is 11.2. The van der Waals surface area contributed by atoms with Crippen LogP contribution in [-0.2, 0) is 9.53 Å². The summed E-state index contributed by atoms with van der Waals surface area (Å²) in [7, 11) is 0. The van der Waals surface area contributed by atoms with Crippen molar-refractivity contribution in [2.45, 2.75) is 33.1 Å². The summed E-state index contributed by atoms with van der Waals surface area (Å²) in [6.07, 6.45) is 3.90. The number of hydrogen-bond acceptors (Lipinski definition) is 3. The summed E-state index contributed by atoms with van der Waals surface area (Å²) >= 11 is 0. The first-order valence-corrected chi connectivity index (χ1v) is 5.63. The molecule has 0 atom stereocenters. The maximum Gasteiger partial charge on any atom is 0.334 e. The molecule has 0 heterocycles. The van der Waals surface area contributed by atoms with E-state index in [1.165, 1.54) is 19.3 Å². The molecule has 3 heteroatoms. The molecule has 0 spiro atoms. The normalized spacial score (nSPS) is 18.0. The van der Waals surface area contributed by atoms with Gasteiger partial charge in [-0.3, -0.25) is 0 Å². The molecule has 0 bridgehead atoms. The molecule has 0 aromatic carbocycles. The van der Waals surface area contributed by atoms with Crippen molar-refractivity contribution >= 4 is 5.97 Å². The Morgan fingerprint density at radius 2 is 2.20 bits per heavy atom. The highest BCUT2D eigenvalue weighted by atomic mass is 16.5. The van der Waals surface area contributed by atoms with Gasteiger partial charge in [-0.15, -0.1) is 0 Å². The minimum absolute atomic E-state index is 0.288. The second-order valence-corrected chi connectivity index (χ2v) is 4.59. The van der Waals surface area contributed by atoms with Gasteiger partial charge in [0.25, 0.3) is 0 Å². The number of rotatable bonds is 6. The van der Waals surface area contributed by atoms with Crippen LogP contribution >= 0.6 is 0 Å². The molecule has 0 unspecified atom stereocenters. The van der Waals surface area contributed by atoms with Crippen LogP contribution in [0.3, 0.4) is 0 Å². The minimum Gasteiger partial charge on any atom is -0.463 e. The van der Waals surface area contributed by atoms with Crippen molar-refractivity contribution in [3.8, 4) is 0 Å². The molecule has 0 saturated heterocycles. The van der Waals surface area contributed by atoms with E-state index in [2.05, 4.69) is 18.8 Å². The highest BCUT2D eigenvalue weighted by Crippen LogP contribution is 2.39. The molecular formula is C12H21NO2. The average Bonchev–Trinajstić information content (AvgIpc) is 2.15. The van der Waals surface area contributed by atoms with Crippen molar-refractivity contribution in [2.75, 3.05) is 19.7 Å². The lowest BCUT2D eigenvalue weighted by Crippen LogP contribution is -2.38. The zero-order valence-corrected chi connectivity index (χ0v) is 9.77. The summed E-state index contributed by atoms with van der Waals surface area (Å²) in [5.74, 6) is -0.288. The quantitative estimate of drug-likeness (QED) is 0.538. The predicted molar refractivity (Wildman–Crippen MR) is 60.6 cm³/mol. The maximum absolute atomic E-state index is 11.2. The Bertz CT molecular complexity index is 244. The summed E-state index contributed by atoms with van der Waals surface area (Å²) in [6, 6.07) is 0. The lowest BCUT2D eigenvalue weighted by Gasteiger charge is -2.38. The molecule has 1 saturated carbocycles. The topological polar surface area (TPSA) is 38.3 Å². The van der Waals surface area contributed by atoms with E-state index in [1.54, 1.807) is 6.92 Å². The van der Waals surface area contributed by atoms with Gasteiger partial charge in [0.05, 0.1) is 6.61 Å². The minimum atomic E-state index is -0.288. The lowest BCUT2D eigenvalue weighted by molar-refractivity contribution is -0.138. The van der Waals surface area contributed by atoms with Crippen molar-refractivity contribution in [3.05, 3.63) is 12.2 Å². The molecule has 0 radical (unpaired) electrons. The average molecular weight is 211 g/mol. The fourth-order valence-electron chi connectivity index (χ4n) is 1.78. The number of esters is 1. The van der Waals surface area contributed by atoms with Crippen molar-refractivity contribution in [2.24, 2.45) is 5.41 Å². The van der Waals surface area contributed by atoms with Crippen LogP contribution in [0.25, 0.3) is 0 Å². The Labute approximate surface area is 91.9 Å². The van der Waals surface area contributed by atoms with Gasteiger partial charge in [0.2, 0.25) is 0 Å². The number of carbonyl (C=O) groups excluding carboxylic acids is 1. The Morgan fingerprint density at radius 3 is 2.67 bits per heavy atom. The molecular weight excluding hydrogens is 190 g/mol. The summed E-state index contributed by atoms with van der Waals surface area (Å²) in [5, 5.41) is 3.27. The molecule has 86 valence electrons. The second kappa shape index (κ2) is 5.31. The largest absolute Gasteiger partial charge is 0.463 e. The van der Waals surface area contributed by atoms with E-state index in [9.17, 15) is 4.79 Å². The SMILES string of the molecule is C=C(CNCC1(C)CCC1)C(=O)OCC. The summed E-state index contributed by atoms with van der Waals surface area (Å²) < 4.78 is 4.85. The van der Waals surface area contributed by atoms with E-state index in [0.29, 0.717) is 24.1 Å². The van der Waals surface area contributed by atoms with Crippen molar-refractivity contribution < 1.29 is 9.53 Å². The van der Waals surface area contributed by atoms with Crippen molar-refractivity contribution in [1.29, 1.82) is 0 Å². The molecule has 1 aliphatic carbocycles. The van der Waals surface area contributed by atoms with Gasteiger partial charge in [-0.2, -0.15) is 0 Å². The van der Waals surface area contributed by atoms with Gasteiger partial charge in [-0.25, -0.2) is 4.79 Å². The first-order chi connectivity index (χ1) is 7.07. The number of hydrogen-bond donors (Lipinski definition) is 1. The van der Waals surface area contributed by atoms with Gasteiger partial charge < -0.3 is 10.1 Å². The smallest absolute Gasteiger partial charge is 0.334 e. The van der Waals surface area contributed by atoms with Gasteiger partial charge in [0.15, 0.2) is 0 Å². The lowest BCUT2D eigenvalue weighted by atomic mass is 9.70. The van der Waals surface area contributed by atoms with Gasteiger partial charge in [-0.05, 0) is 25.2 Å². The van der Waals surface area contributed by atoms with E-state index < -0.39 is 0 Å². The fraction of sp³-hybridized carbons (Fsp3) is 0.750. The Kier molecular flexibility index (Phi) is 4.33. The number of carbonyl (C=O) groups is 1. The van der Waals surface area contributed by atoms with E-state index in [-0.39, 0.29) is 5.97 Å². The third-order valence-corrected chi connectivity index (χ3v) is 3.01. The van der Waals surface area contributed by atoms with Gasteiger partial charge in [0.1, 0.15) is 0 Å². The molecule has 3 nitrogen and oxygen atoms in total. The Balaban J connectivity index is 2.14. The van der Waals surface area contributed by atoms with Gasteiger partial charge in [0, 0.05) is 18.7 Å². The molecule has 0 aromatic rings. The predicted octanol–water partition coefficient (Wildman–Crippen LogP) is 1.89. The van der Waals surface area contributed by atoms with E-state index in [1.807, 2.05) is 0 Å². The van der Waals surface area contributed by atoms with Crippen LogP contribution in [-0.4, -0.2) is 25.7 Å². The highest BCUT2D eigenvalue weighted by Gasteiger charge is 2.31. The zero-order chi connectivity index (χ0) is 11.3. The van der Waals surface area contributed by atoms with E-state index in [0.717, 1.165) is 6.54 Å². The monoisotopic (exact) mass is 211 g/mol. The second-order valence-electron chi connectivity index (χ2n) is 4.59. The molecule has 1 fully saturated rings. The first kappa shape index (κ1) is 12.2. The molecule has 0 amide bonds. The van der Waals surface area contributed by atoms with Crippen molar-refractivity contribution in [3.63, 3.8) is 0 Å². The van der Waals surface area contributed by atoms with Crippen LogP contribution in [0.5, 0.6) is 0 Å². The van der Waals surface area contributed by atoms with Crippen molar-refractivity contribution in [1.82, 2.24) is 5.32 Å². The third-order valence-electron chi connectivity index (χ3n) is 3.01. The van der Waals surface area contributed by atoms with Crippen LogP contribution in [0.2, 0.25) is 0 Å². The molecule has 0 aliphatic heterocycles. The zero-order valence-electron chi connectivity index (χ0n) is 9.77. The summed E-state index contributed by atoms with van der Waals surface area (Å²) in [4.78, 5) is 11.2. The molecule has 1 N–H and O–H groups in total. The molecule has 15 heavy (non-hydrogen) atoms. The standard InChI is InChI=1S/C12H21NO2/c1-4-15-11(14)10(2)8-13-9-12(3)6-5-7-12/h13H,2,4-9H2,1,3H3. The van der Waals surface area contributed by atoms with Crippen LogP contribution in [0.4, 0.5) is 0 Å². The third kappa shape index (κ3) is 3.67. The van der Waals surface area contributed by atoms with Crippen LogP contribution in [0.15, 0.2) is 12.2 Å². The highest BCUT2D eigenvalue weighted by molar-refractivity contribution is 5.88.